The lowest BCUT2D eigenvalue weighted by molar-refractivity contribution is -0.0419. The molecule has 0 radical (unpaired) electrons. The molecule has 2 fully saturated rings. The van der Waals surface area contributed by atoms with Crippen molar-refractivity contribution in [1.82, 2.24) is 0 Å². The van der Waals surface area contributed by atoms with Crippen LogP contribution in [0.1, 0.15) is 23.3 Å². The van der Waals surface area contributed by atoms with Crippen LogP contribution >= 0.6 is 0 Å². The molecule has 0 saturated carbocycles. The topological polar surface area (TPSA) is 71.2 Å². The van der Waals surface area contributed by atoms with Crippen LogP contribution in [0.25, 0.3) is 0 Å². The van der Waals surface area contributed by atoms with E-state index in [1.54, 1.807) is 14.2 Å². The van der Waals surface area contributed by atoms with Gasteiger partial charge >= 0.3 is 0 Å². The van der Waals surface area contributed by atoms with Gasteiger partial charge in [0.25, 0.3) is 0 Å². The minimum atomic E-state index is -0.167. The van der Waals surface area contributed by atoms with E-state index in [9.17, 15) is 0 Å². The molecule has 4 unspecified atom stereocenters. The molecule has 0 aromatic heterocycles. The molecule has 0 aliphatic carbocycles. The summed E-state index contributed by atoms with van der Waals surface area (Å²) in [5.74, 6) is 1.62. The Morgan fingerprint density at radius 3 is 1.39 bits per heavy atom. The molecular weight excluding hydrogens is 400 g/mol. The summed E-state index contributed by atoms with van der Waals surface area (Å²) in [6.07, 6.45) is -0.226. The Morgan fingerprint density at radius 1 is 0.677 bits per heavy atom. The normalized spacial score (nSPS) is 21.4. The fourth-order valence-electron chi connectivity index (χ4n) is 3.37. The van der Waals surface area contributed by atoms with Crippen molar-refractivity contribution in [2.24, 2.45) is 0 Å². The highest BCUT2D eigenvalue weighted by Gasteiger charge is 2.42. The zero-order valence-corrected chi connectivity index (χ0v) is 18.0. The molecule has 0 N–H and O–H groups in total. The van der Waals surface area contributed by atoms with Gasteiger partial charge in [0.2, 0.25) is 0 Å². The van der Waals surface area contributed by atoms with E-state index < -0.39 is 0 Å². The molecule has 7 heteroatoms. The highest BCUT2D eigenvalue weighted by Crippen LogP contribution is 2.40. The highest BCUT2D eigenvalue weighted by molar-refractivity contribution is 5.32. The summed E-state index contributed by atoms with van der Waals surface area (Å²) in [5.41, 5.74) is 2.12. The van der Waals surface area contributed by atoms with E-state index in [1.807, 2.05) is 48.5 Å². The molecule has 2 aliphatic rings. The maximum Gasteiger partial charge on any atom is 0.119 e. The first-order valence-corrected chi connectivity index (χ1v) is 10.6. The molecule has 168 valence electrons. The largest absolute Gasteiger partial charge is 0.491 e. The summed E-state index contributed by atoms with van der Waals surface area (Å²) in [6, 6.07) is 16.0. The van der Waals surface area contributed by atoms with E-state index in [4.69, 9.17) is 33.2 Å². The van der Waals surface area contributed by atoms with Crippen molar-refractivity contribution < 1.29 is 33.2 Å². The fraction of sp³-hybridized carbons (Fsp3) is 0.500. The summed E-state index contributed by atoms with van der Waals surface area (Å²) in [7, 11) is 3.32. The Bertz CT molecular complexity index is 717. The van der Waals surface area contributed by atoms with Gasteiger partial charge in [-0.1, -0.05) is 24.3 Å². The van der Waals surface area contributed by atoms with Crippen LogP contribution < -0.4 is 9.47 Å². The molecule has 31 heavy (non-hydrogen) atoms. The van der Waals surface area contributed by atoms with Gasteiger partial charge in [-0.05, 0) is 35.4 Å². The highest BCUT2D eigenvalue weighted by atomic mass is 16.6. The molecule has 2 heterocycles. The van der Waals surface area contributed by atoms with Gasteiger partial charge in [-0.15, -0.1) is 0 Å². The third-order valence-corrected chi connectivity index (χ3v) is 5.22. The van der Waals surface area contributed by atoms with Gasteiger partial charge in [0.1, 0.15) is 49.1 Å². The summed E-state index contributed by atoms with van der Waals surface area (Å²) < 4.78 is 39.2. The van der Waals surface area contributed by atoms with Gasteiger partial charge in [-0.3, -0.25) is 0 Å². The maximum absolute atomic E-state index is 6.58. The van der Waals surface area contributed by atoms with Crippen LogP contribution in [0, 0.1) is 0 Å². The molecule has 4 rings (SSSR count). The molecule has 7 nitrogen and oxygen atoms in total. The lowest BCUT2D eigenvalue weighted by Gasteiger charge is -2.24. The summed E-state index contributed by atoms with van der Waals surface area (Å²) in [4.78, 5) is 0. The zero-order chi connectivity index (χ0) is 21.5. The summed E-state index contributed by atoms with van der Waals surface area (Å²) in [6.45, 7) is 3.55. The molecule has 2 aromatic carbocycles. The van der Waals surface area contributed by atoms with Crippen LogP contribution in [0.2, 0.25) is 0 Å². The number of hydrogen-bond acceptors (Lipinski definition) is 7. The Balaban J connectivity index is 1.42. The molecule has 0 bridgehead atoms. The second-order valence-corrected chi connectivity index (χ2v) is 7.54. The Hall–Kier alpha value is -2.16. The van der Waals surface area contributed by atoms with Gasteiger partial charge in [-0.25, -0.2) is 0 Å². The van der Waals surface area contributed by atoms with Crippen LogP contribution in [-0.2, 0) is 23.7 Å². The number of methoxy groups -OCH3 is 2. The number of benzene rings is 2. The number of ether oxygens (including phenoxy) is 7. The molecular formula is C24H30O7. The molecule has 0 spiro atoms. The first kappa shape index (κ1) is 22.0. The first-order chi connectivity index (χ1) is 15.3. The van der Waals surface area contributed by atoms with Gasteiger partial charge in [0.05, 0.1) is 26.4 Å². The second kappa shape index (κ2) is 10.9. The van der Waals surface area contributed by atoms with Crippen molar-refractivity contribution in [1.29, 1.82) is 0 Å². The lowest BCUT2D eigenvalue weighted by atomic mass is 10.0. The van der Waals surface area contributed by atoms with Crippen molar-refractivity contribution in [3.8, 4) is 11.5 Å². The van der Waals surface area contributed by atoms with Crippen molar-refractivity contribution in [3.05, 3.63) is 59.7 Å². The predicted octanol–water partition coefficient (Wildman–Crippen LogP) is 3.33. The summed E-state index contributed by atoms with van der Waals surface area (Å²) >= 11 is 0. The fourth-order valence-corrected chi connectivity index (χ4v) is 3.37. The zero-order valence-electron chi connectivity index (χ0n) is 18.0. The SMILES string of the molecule is COCCOc1ccc(C(OC(c2ccc(OCCOC)cc2)C2CO2)C2CO2)cc1. The first-order valence-electron chi connectivity index (χ1n) is 10.6. The molecule has 0 amide bonds. The third kappa shape index (κ3) is 6.41. The average Bonchev–Trinajstić information content (AvgIpc) is 3.70. The quantitative estimate of drug-likeness (QED) is 0.336. The van der Waals surface area contributed by atoms with Crippen LogP contribution in [0.15, 0.2) is 48.5 Å². The Labute approximate surface area is 183 Å². The number of hydrogen-bond donors (Lipinski definition) is 0. The Kier molecular flexibility index (Phi) is 7.77. The van der Waals surface area contributed by atoms with Gasteiger partial charge in [-0.2, -0.15) is 0 Å². The third-order valence-electron chi connectivity index (χ3n) is 5.22. The maximum atomic E-state index is 6.58. The second-order valence-electron chi connectivity index (χ2n) is 7.54. The van der Waals surface area contributed by atoms with E-state index in [1.165, 1.54) is 0 Å². The van der Waals surface area contributed by atoms with Gasteiger partial charge < -0.3 is 33.2 Å². The van der Waals surface area contributed by atoms with Crippen LogP contribution in [0.3, 0.4) is 0 Å². The predicted molar refractivity (Wildman–Crippen MR) is 114 cm³/mol. The monoisotopic (exact) mass is 430 g/mol. The number of epoxide rings is 2. The molecule has 2 aliphatic heterocycles. The standard InChI is InChI=1S/C24H30O7/c1-25-11-13-27-19-7-3-17(4-8-19)23(21-15-29-21)31-24(22-16-30-22)18-5-9-20(10-6-18)28-14-12-26-2/h3-10,21-24H,11-16H2,1-2H3. The van der Waals surface area contributed by atoms with Crippen molar-refractivity contribution in [3.63, 3.8) is 0 Å². The van der Waals surface area contributed by atoms with Crippen LogP contribution in [0.5, 0.6) is 11.5 Å². The molecule has 4 atom stereocenters. The van der Waals surface area contributed by atoms with E-state index in [0.29, 0.717) is 39.6 Å². The summed E-state index contributed by atoms with van der Waals surface area (Å²) in [5, 5.41) is 0. The average molecular weight is 430 g/mol. The van der Waals surface area contributed by atoms with Crippen molar-refractivity contribution >= 4 is 0 Å². The Morgan fingerprint density at radius 2 is 1.06 bits per heavy atom. The smallest absolute Gasteiger partial charge is 0.119 e. The van der Waals surface area contributed by atoms with Gasteiger partial charge in [0.15, 0.2) is 0 Å². The molecule has 2 aromatic rings. The van der Waals surface area contributed by atoms with E-state index in [-0.39, 0.29) is 24.4 Å². The van der Waals surface area contributed by atoms with Crippen LogP contribution in [-0.4, -0.2) is 66.1 Å². The van der Waals surface area contributed by atoms with E-state index >= 15 is 0 Å². The van der Waals surface area contributed by atoms with Crippen molar-refractivity contribution in [2.45, 2.75) is 24.4 Å². The van der Waals surface area contributed by atoms with E-state index in [2.05, 4.69) is 0 Å². The van der Waals surface area contributed by atoms with E-state index in [0.717, 1.165) is 22.6 Å². The minimum Gasteiger partial charge on any atom is -0.491 e. The van der Waals surface area contributed by atoms with Crippen LogP contribution in [0.4, 0.5) is 0 Å². The molecule has 2 saturated heterocycles. The number of rotatable bonds is 14. The minimum absolute atomic E-state index is 0.0539. The lowest BCUT2D eigenvalue weighted by Crippen LogP contribution is -2.19. The van der Waals surface area contributed by atoms with Crippen molar-refractivity contribution in [2.75, 3.05) is 53.9 Å². The van der Waals surface area contributed by atoms with Gasteiger partial charge in [0, 0.05) is 14.2 Å².